The third kappa shape index (κ3) is 8.32. The van der Waals surface area contributed by atoms with Gasteiger partial charge in [-0.15, -0.1) is 0 Å². The minimum absolute atomic E-state index is 0.0943. The molecule has 7 atom stereocenters. The summed E-state index contributed by atoms with van der Waals surface area (Å²) in [6.45, 7) is 4.43. The normalized spacial score (nSPS) is 25.1. The quantitative estimate of drug-likeness (QED) is 0.0925. The smallest absolute Gasteiger partial charge is 0.407 e. The van der Waals surface area contributed by atoms with Gasteiger partial charge in [0.2, 0.25) is 10.0 Å². The lowest BCUT2D eigenvalue weighted by Crippen LogP contribution is -2.59. The fourth-order valence-corrected chi connectivity index (χ4v) is 7.44. The SMILES string of the molecule is COOc1ccc(S(=O)(=O)NC(C2C=C(N=[N+]=[N-])C=CC2(C)C)[C@H](O)[C@H](Cc2ccccc2)NC(=O)O[C@H]2CO[C@H]3OCC[C@H]32)cc1. The predicted octanol–water partition coefficient (Wildman–Crippen LogP) is 4.14. The predicted molar refractivity (Wildman–Crippen MR) is 169 cm³/mol. The van der Waals surface area contributed by atoms with Crippen LogP contribution in [0.15, 0.2) is 88.5 Å². The Labute approximate surface area is 273 Å². The van der Waals surface area contributed by atoms with Crippen molar-refractivity contribution in [3.8, 4) is 5.75 Å². The van der Waals surface area contributed by atoms with Gasteiger partial charge in [-0.2, -0.15) is 4.89 Å². The average Bonchev–Trinajstić information content (AvgIpc) is 3.67. The van der Waals surface area contributed by atoms with Crippen LogP contribution in [-0.4, -0.2) is 70.5 Å². The number of nitrogens with zero attached hydrogens (tertiary/aromatic N) is 3. The Morgan fingerprint density at radius 3 is 2.62 bits per heavy atom. The van der Waals surface area contributed by atoms with Gasteiger partial charge in [-0.25, -0.2) is 17.9 Å². The van der Waals surface area contributed by atoms with E-state index in [-0.39, 0.29) is 35.3 Å². The van der Waals surface area contributed by atoms with E-state index in [1.807, 2.05) is 44.2 Å². The van der Waals surface area contributed by atoms with E-state index in [1.54, 1.807) is 18.2 Å². The Hall–Kier alpha value is -3.95. The monoisotopic (exact) mass is 669 g/mol. The molecule has 3 aliphatic rings. The molecule has 1 amide bonds. The summed E-state index contributed by atoms with van der Waals surface area (Å²) < 4.78 is 47.3. The molecule has 14 nitrogen and oxygen atoms in total. The molecule has 1 aliphatic carbocycles. The van der Waals surface area contributed by atoms with Gasteiger partial charge < -0.3 is 29.5 Å². The molecule has 0 spiro atoms. The lowest BCUT2D eigenvalue weighted by Gasteiger charge is -2.42. The van der Waals surface area contributed by atoms with Gasteiger partial charge in [0.1, 0.15) is 6.10 Å². The number of amides is 1. The summed E-state index contributed by atoms with van der Waals surface area (Å²) in [5, 5.41) is 18.7. The lowest BCUT2D eigenvalue weighted by molar-refractivity contribution is -0.178. The van der Waals surface area contributed by atoms with Crippen LogP contribution >= 0.6 is 0 Å². The van der Waals surface area contributed by atoms with Crippen LogP contribution in [0.5, 0.6) is 5.75 Å². The maximum absolute atomic E-state index is 13.9. The second-order valence-electron chi connectivity index (χ2n) is 12.2. The summed E-state index contributed by atoms with van der Waals surface area (Å²) >= 11 is 0. The minimum atomic E-state index is -4.27. The summed E-state index contributed by atoms with van der Waals surface area (Å²) in [4.78, 5) is 25.8. The van der Waals surface area contributed by atoms with Crippen LogP contribution < -0.4 is 14.9 Å². The van der Waals surface area contributed by atoms with Crippen LogP contribution in [0.25, 0.3) is 10.4 Å². The molecule has 2 aliphatic heterocycles. The zero-order valence-electron chi connectivity index (χ0n) is 26.3. The number of allylic oxidation sites excluding steroid dienone is 2. The van der Waals surface area contributed by atoms with E-state index in [9.17, 15) is 18.3 Å². The van der Waals surface area contributed by atoms with Crippen molar-refractivity contribution >= 4 is 16.1 Å². The number of alkyl carbamates (subject to hydrolysis) is 1. The number of hydrogen-bond donors (Lipinski definition) is 3. The molecule has 0 radical (unpaired) electrons. The van der Waals surface area contributed by atoms with Gasteiger partial charge in [0.05, 0.1) is 49.3 Å². The van der Waals surface area contributed by atoms with E-state index in [4.69, 9.17) is 24.6 Å². The zero-order valence-corrected chi connectivity index (χ0v) is 27.1. The Morgan fingerprint density at radius 1 is 1.17 bits per heavy atom. The molecule has 15 heteroatoms. The van der Waals surface area contributed by atoms with Gasteiger partial charge in [0.25, 0.3) is 0 Å². The fraction of sp³-hybridized carbons (Fsp3) is 0.469. The maximum atomic E-state index is 13.9. The standard InChI is InChI=1S/C32H39N5O9S/c1-32(2)15-13-21(35-37-33)18-25(32)28(36-47(40,41)23-11-9-22(10-12-23)46-42-3)29(38)26(17-20-7-5-4-6-8-20)34-31(39)45-27-19-44-30-24(27)14-16-43-30/h4-13,15,18,24-30,36,38H,14,16-17,19H2,1-3H3,(H,34,39)/t24-,25?,26-,27-,28?,29+,30+/m0/s1. The van der Waals surface area contributed by atoms with E-state index >= 15 is 0 Å². The average molecular weight is 670 g/mol. The number of nitrogens with one attached hydrogen (secondary N) is 2. The van der Waals surface area contributed by atoms with Crippen molar-refractivity contribution in [1.82, 2.24) is 10.0 Å². The van der Waals surface area contributed by atoms with E-state index in [2.05, 4.69) is 25.0 Å². The van der Waals surface area contributed by atoms with Crippen molar-refractivity contribution in [3.05, 3.63) is 94.5 Å². The first kappa shape index (κ1) is 34.4. The van der Waals surface area contributed by atoms with Crippen molar-refractivity contribution < 1.29 is 42.3 Å². The van der Waals surface area contributed by atoms with Crippen molar-refractivity contribution in [1.29, 1.82) is 0 Å². The molecule has 2 aromatic rings. The Morgan fingerprint density at radius 2 is 1.91 bits per heavy atom. The number of benzene rings is 2. The number of carbonyl (C=O) groups is 1. The number of ether oxygens (including phenoxy) is 3. The number of carbonyl (C=O) groups excluding carboxylic acids is 1. The summed E-state index contributed by atoms with van der Waals surface area (Å²) in [6, 6.07) is 12.5. The lowest BCUT2D eigenvalue weighted by atomic mass is 9.70. The first-order valence-electron chi connectivity index (χ1n) is 15.2. The van der Waals surface area contributed by atoms with Gasteiger partial charge in [0, 0.05) is 16.5 Å². The second-order valence-corrected chi connectivity index (χ2v) is 13.9. The number of fused-ring (bicyclic) bond motifs is 1. The molecule has 5 rings (SSSR count). The maximum Gasteiger partial charge on any atom is 0.407 e. The molecule has 3 N–H and O–H groups in total. The minimum Gasteiger partial charge on any atom is -0.443 e. The summed E-state index contributed by atoms with van der Waals surface area (Å²) in [7, 11) is -2.94. The molecule has 0 saturated carbocycles. The molecule has 0 aromatic heterocycles. The number of hydrogen-bond acceptors (Lipinski definition) is 10. The Bertz CT molecular complexity index is 1610. The number of aliphatic hydroxyl groups is 1. The van der Waals surface area contributed by atoms with Crippen LogP contribution in [0, 0.1) is 17.3 Å². The van der Waals surface area contributed by atoms with E-state index in [0.29, 0.717) is 13.0 Å². The topological polar surface area (TPSA) is 190 Å². The Kier molecular flexibility index (Phi) is 10.9. The van der Waals surface area contributed by atoms with Crippen LogP contribution in [-0.2, 0) is 35.5 Å². The van der Waals surface area contributed by atoms with Gasteiger partial charge in [-0.05, 0) is 53.6 Å². The van der Waals surface area contributed by atoms with Gasteiger partial charge in [-0.3, -0.25) is 0 Å². The number of aliphatic hydroxyl groups excluding tert-OH is 1. The highest BCUT2D eigenvalue weighted by Gasteiger charge is 2.46. The Balaban J connectivity index is 1.48. The van der Waals surface area contributed by atoms with Gasteiger partial charge in [0.15, 0.2) is 12.0 Å². The van der Waals surface area contributed by atoms with Crippen LogP contribution in [0.3, 0.4) is 0 Å². The zero-order chi connectivity index (χ0) is 33.6. The highest BCUT2D eigenvalue weighted by molar-refractivity contribution is 7.89. The molecule has 47 heavy (non-hydrogen) atoms. The molecular weight excluding hydrogens is 630 g/mol. The van der Waals surface area contributed by atoms with Crippen molar-refractivity contribution in [2.45, 2.75) is 62.2 Å². The molecule has 2 aromatic carbocycles. The first-order chi connectivity index (χ1) is 22.5. The number of sulfonamides is 1. The highest BCUT2D eigenvalue weighted by atomic mass is 32.2. The van der Waals surface area contributed by atoms with Crippen molar-refractivity contribution in [3.63, 3.8) is 0 Å². The third-order valence-electron chi connectivity index (χ3n) is 8.67. The fourth-order valence-electron chi connectivity index (χ4n) is 6.17. The third-order valence-corrected chi connectivity index (χ3v) is 10.1. The van der Waals surface area contributed by atoms with E-state index in [0.717, 1.165) is 5.56 Å². The van der Waals surface area contributed by atoms with Crippen LogP contribution in [0.4, 0.5) is 4.79 Å². The molecule has 2 saturated heterocycles. The molecule has 0 bridgehead atoms. The summed E-state index contributed by atoms with van der Waals surface area (Å²) in [6.07, 6.45) is 2.64. The largest absolute Gasteiger partial charge is 0.443 e. The molecular formula is C32H39N5O9S. The number of azide groups is 1. The van der Waals surface area contributed by atoms with E-state index in [1.165, 1.54) is 31.4 Å². The molecule has 252 valence electrons. The molecule has 2 unspecified atom stereocenters. The van der Waals surface area contributed by atoms with Gasteiger partial charge in [-0.1, -0.05) is 67.5 Å². The van der Waals surface area contributed by atoms with Crippen LogP contribution in [0.2, 0.25) is 0 Å². The summed E-state index contributed by atoms with van der Waals surface area (Å²) in [5.41, 5.74) is 9.45. The molecule has 2 heterocycles. The first-order valence-corrected chi connectivity index (χ1v) is 16.7. The highest BCUT2D eigenvalue weighted by Crippen LogP contribution is 2.39. The summed E-state index contributed by atoms with van der Waals surface area (Å²) in [5.74, 6) is -0.542. The van der Waals surface area contributed by atoms with Gasteiger partial charge >= 0.3 is 6.09 Å². The van der Waals surface area contributed by atoms with Crippen molar-refractivity contribution in [2.24, 2.45) is 22.4 Å². The molecule has 2 fully saturated rings. The van der Waals surface area contributed by atoms with Crippen molar-refractivity contribution in [2.75, 3.05) is 20.3 Å². The van der Waals surface area contributed by atoms with Crippen LogP contribution in [0.1, 0.15) is 25.8 Å². The second kappa shape index (κ2) is 14.9. The number of rotatable bonds is 13. The van der Waals surface area contributed by atoms with E-state index < -0.39 is 58.0 Å².